The highest BCUT2D eigenvalue weighted by Gasteiger charge is 2.34. The first-order valence-electron chi connectivity index (χ1n) is 6.84. The summed E-state index contributed by atoms with van der Waals surface area (Å²) in [6, 6.07) is 7.14. The Labute approximate surface area is 129 Å². The van der Waals surface area contributed by atoms with Gasteiger partial charge in [0.25, 0.3) is 5.91 Å². The lowest BCUT2D eigenvalue weighted by Crippen LogP contribution is -2.45. The van der Waals surface area contributed by atoms with Crippen molar-refractivity contribution in [3.05, 3.63) is 24.3 Å². The molecule has 21 heavy (non-hydrogen) atoms. The van der Waals surface area contributed by atoms with Crippen molar-refractivity contribution >= 4 is 17.7 Å². The van der Waals surface area contributed by atoms with Crippen LogP contribution >= 0.6 is 11.8 Å². The van der Waals surface area contributed by atoms with E-state index >= 15 is 0 Å². The number of ether oxygens (including phenoxy) is 3. The van der Waals surface area contributed by atoms with Gasteiger partial charge in [-0.05, 0) is 36.4 Å². The summed E-state index contributed by atoms with van der Waals surface area (Å²) >= 11 is 1.85. The molecule has 116 valence electrons. The third-order valence-electron chi connectivity index (χ3n) is 3.54. The summed E-state index contributed by atoms with van der Waals surface area (Å²) < 4.78 is 16.0. The third-order valence-corrected chi connectivity index (χ3v) is 4.76. The lowest BCUT2D eigenvalue weighted by Gasteiger charge is -2.26. The molecular weight excluding hydrogens is 290 g/mol. The Morgan fingerprint density at radius 3 is 2.57 bits per heavy atom. The molecule has 1 fully saturated rings. The van der Waals surface area contributed by atoms with Crippen LogP contribution in [0.5, 0.6) is 11.5 Å². The molecule has 0 aliphatic carbocycles. The first kappa shape index (κ1) is 16.0. The summed E-state index contributed by atoms with van der Waals surface area (Å²) in [5.74, 6) is 3.25. The maximum atomic E-state index is 11.8. The molecule has 0 radical (unpaired) electrons. The molecule has 1 atom stereocenters. The number of benzene rings is 1. The lowest BCUT2D eigenvalue weighted by atomic mass is 10.0. The van der Waals surface area contributed by atoms with Gasteiger partial charge in [0.1, 0.15) is 11.5 Å². The van der Waals surface area contributed by atoms with Crippen molar-refractivity contribution in [1.82, 2.24) is 5.32 Å². The van der Waals surface area contributed by atoms with Gasteiger partial charge < -0.3 is 19.5 Å². The molecule has 1 aliphatic rings. The van der Waals surface area contributed by atoms with Crippen molar-refractivity contribution in [3.8, 4) is 11.5 Å². The molecule has 0 saturated carbocycles. The Hall–Kier alpha value is -1.40. The largest absolute Gasteiger partial charge is 0.497 e. The van der Waals surface area contributed by atoms with Gasteiger partial charge in [0, 0.05) is 19.4 Å². The Balaban J connectivity index is 1.74. The van der Waals surface area contributed by atoms with Crippen LogP contribution in [0.1, 0.15) is 6.42 Å². The Morgan fingerprint density at radius 2 is 2.00 bits per heavy atom. The van der Waals surface area contributed by atoms with Crippen LogP contribution in [0, 0.1) is 0 Å². The fraction of sp³-hybridized carbons (Fsp3) is 0.533. The van der Waals surface area contributed by atoms with Crippen molar-refractivity contribution in [2.24, 2.45) is 0 Å². The predicted octanol–water partition coefficient (Wildman–Crippen LogP) is 1.71. The van der Waals surface area contributed by atoms with Crippen molar-refractivity contribution in [3.63, 3.8) is 0 Å². The van der Waals surface area contributed by atoms with E-state index in [0.717, 1.165) is 23.7 Å². The van der Waals surface area contributed by atoms with Gasteiger partial charge in [-0.2, -0.15) is 11.8 Å². The number of rotatable bonds is 7. The molecule has 1 N–H and O–H groups in total. The highest BCUT2D eigenvalue weighted by molar-refractivity contribution is 7.99. The average molecular weight is 311 g/mol. The number of hydrogen-bond acceptors (Lipinski definition) is 5. The molecule has 1 aliphatic heterocycles. The summed E-state index contributed by atoms with van der Waals surface area (Å²) in [6.45, 7) is 0.528. The number of carbonyl (C=O) groups is 1. The number of methoxy groups -OCH3 is 2. The third kappa shape index (κ3) is 4.54. The van der Waals surface area contributed by atoms with Gasteiger partial charge in [0.2, 0.25) is 0 Å². The van der Waals surface area contributed by atoms with Crippen molar-refractivity contribution in [1.29, 1.82) is 0 Å². The minimum absolute atomic E-state index is 0.000728. The second kappa shape index (κ2) is 7.56. The van der Waals surface area contributed by atoms with Crippen LogP contribution in [-0.2, 0) is 9.53 Å². The maximum absolute atomic E-state index is 11.8. The summed E-state index contributed by atoms with van der Waals surface area (Å²) in [5, 5.41) is 2.88. The van der Waals surface area contributed by atoms with Gasteiger partial charge in [-0.1, -0.05) is 0 Å². The SMILES string of the molecule is COc1ccc(OCC(=O)NCC2(OC)CCSC2)cc1. The van der Waals surface area contributed by atoms with Gasteiger partial charge in [-0.3, -0.25) is 4.79 Å². The van der Waals surface area contributed by atoms with Gasteiger partial charge in [0.15, 0.2) is 6.61 Å². The van der Waals surface area contributed by atoms with E-state index in [1.54, 1.807) is 38.5 Å². The fourth-order valence-electron chi connectivity index (χ4n) is 2.09. The van der Waals surface area contributed by atoms with E-state index in [1.807, 2.05) is 11.8 Å². The second-order valence-electron chi connectivity index (χ2n) is 4.93. The van der Waals surface area contributed by atoms with Crippen LogP contribution in [-0.4, -0.2) is 50.4 Å². The number of hydrogen-bond donors (Lipinski definition) is 1. The Bertz CT molecular complexity index is 457. The van der Waals surface area contributed by atoms with Crippen molar-refractivity contribution in [2.75, 3.05) is 38.9 Å². The molecule has 6 heteroatoms. The smallest absolute Gasteiger partial charge is 0.258 e. The van der Waals surface area contributed by atoms with Gasteiger partial charge in [-0.25, -0.2) is 0 Å². The number of nitrogens with one attached hydrogen (secondary N) is 1. The Morgan fingerprint density at radius 1 is 1.29 bits per heavy atom. The monoisotopic (exact) mass is 311 g/mol. The zero-order valence-corrected chi connectivity index (χ0v) is 13.2. The first-order chi connectivity index (χ1) is 10.2. The lowest BCUT2D eigenvalue weighted by molar-refractivity contribution is -0.124. The van der Waals surface area contributed by atoms with Crippen LogP contribution in [0.3, 0.4) is 0 Å². The van der Waals surface area contributed by atoms with E-state index in [9.17, 15) is 4.79 Å². The van der Waals surface area contributed by atoms with Crippen LogP contribution in [0.4, 0.5) is 0 Å². The molecule has 2 rings (SSSR count). The van der Waals surface area contributed by atoms with Crippen LogP contribution in [0.25, 0.3) is 0 Å². The zero-order valence-electron chi connectivity index (χ0n) is 12.4. The predicted molar refractivity (Wildman–Crippen MR) is 83.2 cm³/mol. The normalized spacial score (nSPS) is 21.0. The molecule has 1 aromatic carbocycles. The molecule has 0 aromatic heterocycles. The highest BCUT2D eigenvalue weighted by Crippen LogP contribution is 2.30. The molecule has 0 spiro atoms. The molecule has 1 heterocycles. The molecular formula is C15H21NO4S. The van der Waals surface area contributed by atoms with E-state index in [0.29, 0.717) is 12.3 Å². The van der Waals surface area contributed by atoms with E-state index < -0.39 is 0 Å². The summed E-state index contributed by atoms with van der Waals surface area (Å²) in [5.41, 5.74) is -0.222. The van der Waals surface area contributed by atoms with Gasteiger partial charge in [-0.15, -0.1) is 0 Å². The Kier molecular flexibility index (Phi) is 5.76. The fourth-order valence-corrected chi connectivity index (χ4v) is 3.49. The number of thioether (sulfide) groups is 1. The van der Waals surface area contributed by atoms with E-state index in [1.165, 1.54) is 0 Å². The quantitative estimate of drug-likeness (QED) is 0.831. The molecule has 1 unspecified atom stereocenters. The van der Waals surface area contributed by atoms with Crippen molar-refractivity contribution < 1.29 is 19.0 Å². The van der Waals surface area contributed by atoms with Crippen LogP contribution < -0.4 is 14.8 Å². The minimum Gasteiger partial charge on any atom is -0.497 e. The van der Waals surface area contributed by atoms with Gasteiger partial charge >= 0.3 is 0 Å². The van der Waals surface area contributed by atoms with Crippen LogP contribution in [0.15, 0.2) is 24.3 Å². The van der Waals surface area contributed by atoms with E-state index in [2.05, 4.69) is 5.32 Å². The molecule has 1 amide bonds. The summed E-state index contributed by atoms with van der Waals surface area (Å²) in [7, 11) is 3.31. The van der Waals surface area contributed by atoms with Gasteiger partial charge in [0.05, 0.1) is 12.7 Å². The molecule has 5 nitrogen and oxygen atoms in total. The standard InChI is InChI=1S/C15H21NO4S/c1-18-12-3-5-13(6-4-12)20-9-14(17)16-10-15(19-2)7-8-21-11-15/h3-6H,7-11H2,1-2H3,(H,16,17). The summed E-state index contributed by atoms with van der Waals surface area (Å²) in [4.78, 5) is 11.8. The number of amides is 1. The average Bonchev–Trinajstić information content (AvgIpc) is 3.01. The summed E-state index contributed by atoms with van der Waals surface area (Å²) in [6.07, 6.45) is 0.966. The minimum atomic E-state index is -0.222. The molecule has 0 bridgehead atoms. The van der Waals surface area contributed by atoms with Crippen LogP contribution in [0.2, 0.25) is 0 Å². The molecule has 1 saturated heterocycles. The molecule has 1 aromatic rings. The maximum Gasteiger partial charge on any atom is 0.258 e. The topological polar surface area (TPSA) is 56.8 Å². The van der Waals surface area contributed by atoms with E-state index in [4.69, 9.17) is 14.2 Å². The number of carbonyl (C=O) groups excluding carboxylic acids is 1. The zero-order chi connectivity index (χ0) is 15.1. The first-order valence-corrected chi connectivity index (χ1v) is 7.99. The van der Waals surface area contributed by atoms with E-state index in [-0.39, 0.29) is 18.1 Å². The van der Waals surface area contributed by atoms with Crippen molar-refractivity contribution in [2.45, 2.75) is 12.0 Å². The highest BCUT2D eigenvalue weighted by atomic mass is 32.2. The second-order valence-corrected chi connectivity index (χ2v) is 6.04.